The molecule has 4 nitrogen and oxygen atoms in total. The van der Waals surface area contributed by atoms with Crippen LogP contribution in [0.25, 0.3) is 0 Å². The van der Waals surface area contributed by atoms with Gasteiger partial charge in [0, 0.05) is 39.3 Å². The van der Waals surface area contributed by atoms with Gasteiger partial charge in [0.05, 0.1) is 22.8 Å². The van der Waals surface area contributed by atoms with Crippen LogP contribution in [-0.4, -0.2) is 45.9 Å². The summed E-state index contributed by atoms with van der Waals surface area (Å²) in [6.07, 6.45) is 0. The predicted molar refractivity (Wildman–Crippen MR) is 112 cm³/mol. The van der Waals surface area contributed by atoms with Crippen molar-refractivity contribution in [2.45, 2.75) is 60.0 Å². The highest BCUT2D eigenvalue weighted by atomic mass is 15.3. The minimum absolute atomic E-state index is 0.222. The van der Waals surface area contributed by atoms with E-state index in [4.69, 9.17) is 4.98 Å². The molecule has 0 atom stereocenters. The molecule has 27 heavy (non-hydrogen) atoms. The number of hydrogen-bond donors (Lipinski definition) is 0. The number of hydrogen-bond acceptors (Lipinski definition) is 4. The number of rotatable bonds is 4. The van der Waals surface area contributed by atoms with Gasteiger partial charge in [-0.1, -0.05) is 45.0 Å². The molecule has 2 heterocycles. The summed E-state index contributed by atoms with van der Waals surface area (Å²) in [7, 11) is 0. The molecule has 0 saturated carbocycles. The molecular weight excluding hydrogens is 332 g/mol. The molecule has 0 N–H and O–H groups in total. The smallest absolute Gasteiger partial charge is 0.0759 e. The zero-order valence-electron chi connectivity index (χ0n) is 17.8. The molecule has 0 bridgehead atoms. The first-order valence-corrected chi connectivity index (χ1v) is 10.1. The van der Waals surface area contributed by atoms with Crippen molar-refractivity contribution in [3.05, 3.63) is 58.2 Å². The minimum atomic E-state index is 0.222. The van der Waals surface area contributed by atoms with Gasteiger partial charge in [0.1, 0.15) is 0 Å². The van der Waals surface area contributed by atoms with Crippen LogP contribution in [0.2, 0.25) is 0 Å². The van der Waals surface area contributed by atoms with E-state index in [9.17, 15) is 0 Å². The zero-order valence-corrected chi connectivity index (χ0v) is 17.8. The molecule has 1 aromatic carbocycles. The van der Waals surface area contributed by atoms with Crippen molar-refractivity contribution in [1.82, 2.24) is 19.8 Å². The quantitative estimate of drug-likeness (QED) is 0.818. The highest BCUT2D eigenvalue weighted by Gasteiger charge is 2.19. The van der Waals surface area contributed by atoms with Crippen molar-refractivity contribution >= 4 is 0 Å². The lowest BCUT2D eigenvalue weighted by molar-refractivity contribution is 0.120. The predicted octanol–water partition coefficient (Wildman–Crippen LogP) is 4.02. The van der Waals surface area contributed by atoms with E-state index in [1.165, 1.54) is 11.1 Å². The van der Waals surface area contributed by atoms with Gasteiger partial charge in [-0.2, -0.15) is 0 Å². The van der Waals surface area contributed by atoms with Gasteiger partial charge in [-0.05, 0) is 37.3 Å². The topological polar surface area (TPSA) is 32.3 Å². The lowest BCUT2D eigenvalue weighted by Crippen LogP contribution is -2.45. The second-order valence-electron chi connectivity index (χ2n) is 8.93. The van der Waals surface area contributed by atoms with Gasteiger partial charge in [-0.3, -0.25) is 19.8 Å². The van der Waals surface area contributed by atoms with Crippen molar-refractivity contribution < 1.29 is 0 Å². The largest absolute Gasteiger partial charge is 0.297 e. The molecule has 0 radical (unpaired) electrons. The number of piperazine rings is 1. The number of benzene rings is 1. The maximum Gasteiger partial charge on any atom is 0.0759 e. The minimum Gasteiger partial charge on any atom is -0.297 e. The van der Waals surface area contributed by atoms with Crippen LogP contribution in [0.3, 0.4) is 0 Å². The monoisotopic (exact) mass is 366 g/mol. The maximum absolute atomic E-state index is 4.76. The fourth-order valence-corrected chi connectivity index (χ4v) is 3.60. The number of aromatic nitrogens is 2. The van der Waals surface area contributed by atoms with Gasteiger partial charge in [0.25, 0.3) is 0 Å². The van der Waals surface area contributed by atoms with E-state index in [2.05, 4.69) is 66.7 Å². The van der Waals surface area contributed by atoms with E-state index in [1.807, 2.05) is 13.8 Å². The first kappa shape index (κ1) is 20.0. The molecule has 4 heteroatoms. The average Bonchev–Trinajstić information content (AvgIpc) is 2.61. The lowest BCUT2D eigenvalue weighted by Gasteiger charge is -2.34. The number of aryl methyl sites for hydroxylation is 3. The van der Waals surface area contributed by atoms with Gasteiger partial charge in [-0.25, -0.2) is 0 Å². The first-order chi connectivity index (χ1) is 12.7. The summed E-state index contributed by atoms with van der Waals surface area (Å²) in [5.74, 6) is 0. The van der Waals surface area contributed by atoms with E-state index >= 15 is 0 Å². The van der Waals surface area contributed by atoms with Crippen molar-refractivity contribution in [1.29, 1.82) is 0 Å². The molecule has 3 rings (SSSR count). The van der Waals surface area contributed by atoms with Gasteiger partial charge in [-0.15, -0.1) is 0 Å². The summed E-state index contributed by atoms with van der Waals surface area (Å²) in [6.45, 7) is 19.3. The van der Waals surface area contributed by atoms with Crippen LogP contribution < -0.4 is 0 Å². The molecule has 0 unspecified atom stereocenters. The van der Waals surface area contributed by atoms with Crippen LogP contribution in [0.1, 0.15) is 54.7 Å². The highest BCUT2D eigenvalue weighted by molar-refractivity contribution is 5.27. The first-order valence-electron chi connectivity index (χ1n) is 10.1. The molecule has 2 aromatic rings. The number of nitrogens with zero attached hydrogens (tertiary/aromatic N) is 4. The summed E-state index contributed by atoms with van der Waals surface area (Å²) >= 11 is 0. The van der Waals surface area contributed by atoms with Crippen LogP contribution >= 0.6 is 0 Å². The average molecular weight is 367 g/mol. The molecule has 0 amide bonds. The Morgan fingerprint density at radius 3 is 1.81 bits per heavy atom. The van der Waals surface area contributed by atoms with Crippen LogP contribution in [0.5, 0.6) is 0 Å². The Bertz CT molecular complexity index is 766. The van der Waals surface area contributed by atoms with Gasteiger partial charge >= 0.3 is 0 Å². The van der Waals surface area contributed by atoms with E-state index in [0.717, 1.165) is 62.0 Å². The molecule has 0 aliphatic carbocycles. The van der Waals surface area contributed by atoms with Gasteiger partial charge < -0.3 is 0 Å². The Hall–Kier alpha value is -1.78. The molecule has 0 spiro atoms. The van der Waals surface area contributed by atoms with Gasteiger partial charge in [0.2, 0.25) is 0 Å². The standard InChI is InChI=1S/C23H34N4/c1-17-18(2)25-22(19(3)24-17)16-27-13-11-26(12-14-27)15-20-7-9-21(10-8-20)23(4,5)6/h7-10H,11-16H2,1-6H3. The van der Waals surface area contributed by atoms with Crippen molar-refractivity contribution in [3.63, 3.8) is 0 Å². The summed E-state index contributed by atoms with van der Waals surface area (Å²) in [5.41, 5.74) is 7.32. The third kappa shape index (κ3) is 5.14. The van der Waals surface area contributed by atoms with Crippen molar-refractivity contribution in [2.24, 2.45) is 0 Å². The fraction of sp³-hybridized carbons (Fsp3) is 0.565. The van der Waals surface area contributed by atoms with Crippen molar-refractivity contribution in [2.75, 3.05) is 26.2 Å². The normalized spacial score (nSPS) is 16.7. The summed E-state index contributed by atoms with van der Waals surface area (Å²) in [6, 6.07) is 9.15. The van der Waals surface area contributed by atoms with E-state index < -0.39 is 0 Å². The Morgan fingerprint density at radius 2 is 1.26 bits per heavy atom. The summed E-state index contributed by atoms with van der Waals surface area (Å²) in [5, 5.41) is 0. The fourth-order valence-electron chi connectivity index (χ4n) is 3.60. The third-order valence-electron chi connectivity index (χ3n) is 5.64. The molecule has 1 saturated heterocycles. The van der Waals surface area contributed by atoms with Gasteiger partial charge in [0.15, 0.2) is 0 Å². The molecular formula is C23H34N4. The molecule has 1 aliphatic rings. The van der Waals surface area contributed by atoms with E-state index in [-0.39, 0.29) is 5.41 Å². The Balaban J connectivity index is 1.53. The van der Waals surface area contributed by atoms with E-state index in [1.54, 1.807) is 0 Å². The summed E-state index contributed by atoms with van der Waals surface area (Å²) in [4.78, 5) is 14.5. The van der Waals surface area contributed by atoms with E-state index in [0.29, 0.717) is 0 Å². The molecule has 1 aromatic heterocycles. The lowest BCUT2D eigenvalue weighted by atomic mass is 9.87. The Kier molecular flexibility index (Phi) is 5.97. The maximum atomic E-state index is 4.76. The third-order valence-corrected chi connectivity index (χ3v) is 5.64. The highest BCUT2D eigenvalue weighted by Crippen LogP contribution is 2.22. The summed E-state index contributed by atoms with van der Waals surface area (Å²) < 4.78 is 0. The second kappa shape index (κ2) is 8.07. The van der Waals surface area contributed by atoms with Crippen LogP contribution in [0.15, 0.2) is 24.3 Å². The van der Waals surface area contributed by atoms with Crippen LogP contribution in [0, 0.1) is 20.8 Å². The Morgan fingerprint density at radius 1 is 0.741 bits per heavy atom. The molecule has 1 fully saturated rings. The zero-order chi connectivity index (χ0) is 19.6. The SMILES string of the molecule is Cc1nc(C)c(CN2CCN(Cc3ccc(C(C)(C)C)cc3)CC2)nc1C. The second-order valence-corrected chi connectivity index (χ2v) is 8.93. The molecule has 1 aliphatic heterocycles. The van der Waals surface area contributed by atoms with Crippen LogP contribution in [-0.2, 0) is 18.5 Å². The van der Waals surface area contributed by atoms with Crippen LogP contribution in [0.4, 0.5) is 0 Å². The van der Waals surface area contributed by atoms with Crippen molar-refractivity contribution in [3.8, 4) is 0 Å². The molecule has 146 valence electrons. The Labute approximate surface area is 164 Å².